The molecule has 0 aliphatic carbocycles. The van der Waals surface area contributed by atoms with Crippen molar-refractivity contribution < 1.29 is 20.1 Å². The van der Waals surface area contributed by atoms with Gasteiger partial charge in [-0.1, -0.05) is 23.4 Å². The minimum atomic E-state index is -1.07. The Labute approximate surface area is 171 Å². The SMILES string of the molecule is O=C(Cc1c[nH]c2ccccc12)N/N=C/c1cnnn1C[C@H]1N[C@H](CO)[C@@H](O)[C@@H]1O. The van der Waals surface area contributed by atoms with Gasteiger partial charge in [-0.25, -0.2) is 10.1 Å². The van der Waals surface area contributed by atoms with Crippen molar-refractivity contribution >= 4 is 23.0 Å². The van der Waals surface area contributed by atoms with Gasteiger partial charge in [-0.05, 0) is 11.6 Å². The third kappa shape index (κ3) is 4.09. The molecule has 4 rings (SSSR count). The minimum Gasteiger partial charge on any atom is -0.395 e. The van der Waals surface area contributed by atoms with Crippen LogP contribution in [0.3, 0.4) is 0 Å². The molecule has 11 nitrogen and oxygen atoms in total. The van der Waals surface area contributed by atoms with Crippen molar-refractivity contribution in [3.63, 3.8) is 0 Å². The summed E-state index contributed by atoms with van der Waals surface area (Å²) in [5, 5.41) is 45.0. The first-order valence-electron chi connectivity index (χ1n) is 9.55. The number of amides is 1. The van der Waals surface area contributed by atoms with Crippen molar-refractivity contribution in [2.75, 3.05) is 6.61 Å². The number of H-pyrrole nitrogens is 1. The topological polar surface area (TPSA) is 161 Å². The lowest BCUT2D eigenvalue weighted by Gasteiger charge is -2.16. The lowest BCUT2D eigenvalue weighted by Crippen LogP contribution is -2.38. The van der Waals surface area contributed by atoms with Gasteiger partial charge in [0.1, 0.15) is 5.69 Å². The number of hydrazone groups is 1. The largest absolute Gasteiger partial charge is 0.395 e. The number of aromatic nitrogens is 4. The maximum atomic E-state index is 12.2. The zero-order valence-electron chi connectivity index (χ0n) is 16.0. The van der Waals surface area contributed by atoms with Gasteiger partial charge in [0.25, 0.3) is 0 Å². The van der Waals surface area contributed by atoms with Gasteiger partial charge in [0.15, 0.2) is 0 Å². The monoisotopic (exact) mass is 413 g/mol. The first-order chi connectivity index (χ1) is 14.6. The van der Waals surface area contributed by atoms with E-state index in [9.17, 15) is 20.1 Å². The third-order valence-corrected chi connectivity index (χ3v) is 5.23. The Bertz CT molecular complexity index is 1050. The van der Waals surface area contributed by atoms with Crippen molar-refractivity contribution in [1.29, 1.82) is 0 Å². The van der Waals surface area contributed by atoms with Crippen LogP contribution in [0.1, 0.15) is 11.3 Å². The third-order valence-electron chi connectivity index (χ3n) is 5.23. The standard InChI is InChI=1S/C19H23N7O4/c27-10-16-19(30)18(29)15(23-16)9-26-12(8-22-25-26)7-21-24-17(28)5-11-6-20-14-4-2-1-3-13(11)14/h1-4,6-8,15-16,18-20,23,27,29-30H,5,9-10H2,(H,24,28)/b21-7+/t15-,16-,18-,19-/m1/s1. The predicted octanol–water partition coefficient (Wildman–Crippen LogP) is -1.49. The summed E-state index contributed by atoms with van der Waals surface area (Å²) in [6.07, 6.45) is 2.75. The molecule has 1 saturated heterocycles. The van der Waals surface area contributed by atoms with Crippen molar-refractivity contribution in [3.8, 4) is 0 Å². The summed E-state index contributed by atoms with van der Waals surface area (Å²) >= 11 is 0. The maximum absolute atomic E-state index is 12.2. The van der Waals surface area contributed by atoms with E-state index in [1.165, 1.54) is 17.1 Å². The smallest absolute Gasteiger partial charge is 0.244 e. The van der Waals surface area contributed by atoms with Gasteiger partial charge >= 0.3 is 0 Å². The van der Waals surface area contributed by atoms with Crippen LogP contribution in [0.5, 0.6) is 0 Å². The van der Waals surface area contributed by atoms with E-state index in [1.54, 1.807) is 6.20 Å². The Balaban J connectivity index is 1.35. The van der Waals surface area contributed by atoms with Gasteiger partial charge in [0.2, 0.25) is 5.91 Å². The number of nitrogens with one attached hydrogen (secondary N) is 3. The number of carbonyl (C=O) groups is 1. The molecular formula is C19H23N7O4. The molecule has 3 aromatic rings. The Morgan fingerprint density at radius 2 is 2.07 bits per heavy atom. The van der Waals surface area contributed by atoms with Crippen LogP contribution in [0, 0.1) is 0 Å². The van der Waals surface area contributed by atoms with E-state index in [2.05, 4.69) is 31.1 Å². The van der Waals surface area contributed by atoms with Crippen LogP contribution in [0.25, 0.3) is 10.9 Å². The summed E-state index contributed by atoms with van der Waals surface area (Å²) in [6, 6.07) is 6.63. The lowest BCUT2D eigenvalue weighted by atomic mass is 10.1. The molecule has 1 aliphatic heterocycles. The number of fused-ring (bicyclic) bond motifs is 1. The molecule has 3 heterocycles. The fraction of sp³-hybridized carbons (Fsp3) is 0.368. The second-order valence-electron chi connectivity index (χ2n) is 7.21. The number of aliphatic hydroxyl groups excluding tert-OH is 3. The van der Waals surface area contributed by atoms with Crippen molar-refractivity contribution in [1.82, 2.24) is 30.7 Å². The number of benzene rings is 1. The van der Waals surface area contributed by atoms with E-state index in [1.807, 2.05) is 24.3 Å². The first-order valence-corrected chi connectivity index (χ1v) is 9.55. The van der Waals surface area contributed by atoms with Crippen molar-refractivity contribution in [3.05, 3.63) is 47.9 Å². The highest BCUT2D eigenvalue weighted by atomic mass is 16.3. The molecule has 1 aliphatic rings. The molecule has 0 saturated carbocycles. The number of carbonyl (C=O) groups excluding carboxylic acids is 1. The van der Waals surface area contributed by atoms with Crippen LogP contribution in [0.15, 0.2) is 41.8 Å². The van der Waals surface area contributed by atoms with Gasteiger partial charge in [-0.3, -0.25) is 4.79 Å². The van der Waals surface area contributed by atoms with Gasteiger partial charge in [0.05, 0.1) is 56.3 Å². The number of para-hydroxylation sites is 1. The van der Waals surface area contributed by atoms with Gasteiger partial charge in [0, 0.05) is 17.1 Å². The molecule has 4 atom stereocenters. The van der Waals surface area contributed by atoms with Crippen LogP contribution in [-0.2, 0) is 17.8 Å². The second kappa shape index (κ2) is 8.71. The average Bonchev–Trinajstić information content (AvgIpc) is 3.43. The number of nitrogens with zero attached hydrogens (tertiary/aromatic N) is 4. The molecule has 1 aromatic carbocycles. The number of aliphatic hydroxyl groups is 3. The highest BCUT2D eigenvalue weighted by Crippen LogP contribution is 2.18. The highest BCUT2D eigenvalue weighted by molar-refractivity contribution is 5.89. The molecule has 1 fully saturated rings. The van der Waals surface area contributed by atoms with Crippen LogP contribution in [0.2, 0.25) is 0 Å². The number of hydrogen-bond acceptors (Lipinski definition) is 8. The second-order valence-corrected chi connectivity index (χ2v) is 7.21. The molecule has 0 spiro atoms. The summed E-state index contributed by atoms with van der Waals surface area (Å²) in [7, 11) is 0. The molecule has 158 valence electrons. The molecule has 0 radical (unpaired) electrons. The van der Waals surface area contributed by atoms with Crippen LogP contribution in [-0.4, -0.2) is 78.3 Å². The lowest BCUT2D eigenvalue weighted by molar-refractivity contribution is -0.120. The molecule has 2 aromatic heterocycles. The summed E-state index contributed by atoms with van der Waals surface area (Å²) in [5.74, 6) is -0.267. The number of hydrogen-bond donors (Lipinski definition) is 6. The van der Waals surface area contributed by atoms with Gasteiger partial charge < -0.3 is 25.6 Å². The highest BCUT2D eigenvalue weighted by Gasteiger charge is 2.40. The van der Waals surface area contributed by atoms with E-state index in [0.29, 0.717) is 5.69 Å². The maximum Gasteiger partial charge on any atom is 0.244 e. The average molecular weight is 413 g/mol. The fourth-order valence-corrected chi connectivity index (χ4v) is 3.62. The van der Waals surface area contributed by atoms with Crippen LogP contribution in [0.4, 0.5) is 0 Å². The molecular weight excluding hydrogens is 390 g/mol. The molecule has 30 heavy (non-hydrogen) atoms. The molecule has 1 amide bonds. The Morgan fingerprint density at radius 3 is 2.87 bits per heavy atom. The molecule has 11 heteroatoms. The summed E-state index contributed by atoms with van der Waals surface area (Å²) in [6.45, 7) is -0.0811. The van der Waals surface area contributed by atoms with Gasteiger partial charge in [-0.15, -0.1) is 5.10 Å². The normalized spacial score (nSPS) is 24.1. The minimum absolute atomic E-state index is 0.178. The van der Waals surface area contributed by atoms with Crippen molar-refractivity contribution in [2.24, 2.45) is 5.10 Å². The predicted molar refractivity (Wildman–Crippen MR) is 108 cm³/mol. The van der Waals surface area contributed by atoms with E-state index in [4.69, 9.17) is 0 Å². The van der Waals surface area contributed by atoms with Crippen LogP contribution >= 0.6 is 0 Å². The summed E-state index contributed by atoms with van der Waals surface area (Å²) < 4.78 is 1.49. The quantitative estimate of drug-likeness (QED) is 0.203. The van der Waals surface area contributed by atoms with Gasteiger partial charge in [-0.2, -0.15) is 5.10 Å². The summed E-state index contributed by atoms with van der Waals surface area (Å²) in [4.78, 5) is 15.4. The van der Waals surface area contributed by atoms with Crippen molar-refractivity contribution in [2.45, 2.75) is 37.3 Å². The number of rotatable bonds is 7. The fourth-order valence-electron chi connectivity index (χ4n) is 3.62. The molecule has 0 unspecified atom stereocenters. The summed E-state index contributed by atoms with van der Waals surface area (Å²) in [5.41, 5.74) is 4.84. The van der Waals surface area contributed by atoms with E-state index < -0.39 is 24.3 Å². The zero-order chi connectivity index (χ0) is 21.1. The number of aromatic amines is 1. The Kier molecular flexibility index (Phi) is 5.86. The van der Waals surface area contributed by atoms with E-state index in [-0.39, 0.29) is 25.5 Å². The Hall–Kier alpha value is -3.12. The molecule has 0 bridgehead atoms. The van der Waals surface area contributed by atoms with E-state index >= 15 is 0 Å². The molecule has 6 N–H and O–H groups in total. The Morgan fingerprint density at radius 1 is 1.27 bits per heavy atom. The zero-order valence-corrected chi connectivity index (χ0v) is 16.0. The first kappa shape index (κ1) is 20.2. The van der Waals surface area contributed by atoms with E-state index in [0.717, 1.165) is 16.5 Å². The van der Waals surface area contributed by atoms with Crippen LogP contribution < -0.4 is 10.7 Å².